The maximum absolute atomic E-state index is 14.0. The Morgan fingerprint density at radius 3 is 1.84 bits per heavy atom. The predicted molar refractivity (Wildman–Crippen MR) is 264 cm³/mol. The lowest BCUT2D eigenvalue weighted by Gasteiger charge is -2.40. The van der Waals surface area contributed by atoms with Crippen LogP contribution >= 0.6 is 0 Å². The van der Waals surface area contributed by atoms with Gasteiger partial charge in [-0.1, -0.05) is 148 Å². The number of nitrogens with one attached hydrogen (secondary N) is 2. The summed E-state index contributed by atoms with van der Waals surface area (Å²) in [4.78, 5) is 37.0. The Labute approximate surface area is 394 Å². The van der Waals surface area contributed by atoms with E-state index in [1.54, 1.807) is 37.5 Å². The molecule has 0 aliphatic carbocycles. The molecule has 352 valence electrons. The monoisotopic (exact) mass is 925 g/mol. The molecule has 0 amide bonds. The summed E-state index contributed by atoms with van der Waals surface area (Å²) in [6, 6.07) is 43.5. The predicted octanol–water partition coefficient (Wildman–Crippen LogP) is 9.87. The zero-order chi connectivity index (χ0) is 48.0. The minimum atomic E-state index is -3.88. The average Bonchev–Trinajstić information content (AvgIpc) is 3.73. The van der Waals surface area contributed by atoms with Crippen molar-refractivity contribution in [1.82, 2.24) is 24.8 Å². The number of aromatic amines is 1. The summed E-state index contributed by atoms with van der Waals surface area (Å²) in [6.07, 6.45) is 5.54. The number of esters is 1. The molecule has 7 aromatic rings. The normalized spacial score (nSPS) is 12.4. The van der Waals surface area contributed by atoms with E-state index in [9.17, 15) is 18.0 Å². The third-order valence-electron chi connectivity index (χ3n) is 11.5. The Bertz CT molecular complexity index is 2710. The fourth-order valence-electron chi connectivity index (χ4n) is 7.92. The second kappa shape index (κ2) is 22.9. The van der Waals surface area contributed by atoms with E-state index in [-0.39, 0.29) is 29.6 Å². The number of hydrogen-bond acceptors (Lipinski definition) is 10. The molecule has 1 atom stereocenters. The van der Waals surface area contributed by atoms with Crippen LogP contribution in [0, 0.1) is 19.8 Å². The van der Waals surface area contributed by atoms with Crippen LogP contribution in [0.2, 0.25) is 0 Å². The van der Waals surface area contributed by atoms with Gasteiger partial charge in [0.05, 0.1) is 16.8 Å². The van der Waals surface area contributed by atoms with Gasteiger partial charge in [0.15, 0.2) is 11.2 Å². The number of H-pyrrole nitrogens is 1. The first-order valence-electron chi connectivity index (χ1n) is 22.9. The van der Waals surface area contributed by atoms with E-state index in [4.69, 9.17) is 13.7 Å². The van der Waals surface area contributed by atoms with E-state index in [0.29, 0.717) is 29.2 Å². The van der Waals surface area contributed by atoms with Crippen molar-refractivity contribution < 1.29 is 26.9 Å². The number of carbonyl (C=O) groups excluding carboxylic acids is 1. The average molecular weight is 926 g/mol. The van der Waals surface area contributed by atoms with Crippen LogP contribution in [0.5, 0.6) is 5.75 Å². The molecule has 13 heteroatoms. The molecule has 5 aromatic carbocycles. The van der Waals surface area contributed by atoms with Gasteiger partial charge in [-0.15, -0.1) is 0 Å². The molecule has 7 rings (SSSR count). The first kappa shape index (κ1) is 50.0. The number of aromatic nitrogens is 4. The van der Waals surface area contributed by atoms with Crippen molar-refractivity contribution in [1.29, 1.82) is 0 Å². The Morgan fingerprint density at radius 2 is 1.31 bits per heavy atom. The van der Waals surface area contributed by atoms with Crippen molar-refractivity contribution in [3.63, 3.8) is 0 Å². The molecule has 2 aromatic heterocycles. The molecule has 0 bridgehead atoms. The van der Waals surface area contributed by atoms with E-state index in [0.717, 1.165) is 46.7 Å². The van der Waals surface area contributed by atoms with Crippen LogP contribution in [0.3, 0.4) is 0 Å². The van der Waals surface area contributed by atoms with Crippen molar-refractivity contribution in [3.8, 4) is 5.75 Å². The highest BCUT2D eigenvalue weighted by atomic mass is 32.2. The molecule has 0 saturated carbocycles. The number of benzene rings is 5. The van der Waals surface area contributed by atoms with E-state index in [1.165, 1.54) is 25.0 Å². The molecule has 0 saturated heterocycles. The standard InChI is InChI=1S/C41H43NO6S.C13H20N4O/c1-31-20-26-37(27-21-31)49(44,45)47-29-28-46-36-24-22-32(23-25-36)30-38(39(43)48-40(2,3)4)42-41(33-14-8-5-9-15-33,34-16-10-6-11-17-34)35-18-12-7-13-19-35;1-4-10(5-2)6-7-17-8-14-11-12(17)15-9(3)16-13(11)18/h5-27,38,42H,28-30H2,1-4H3;8,10H,4-7H2,1-3H3,(H,15,16,18)/t38-;/m0./s1. The molecule has 0 fully saturated rings. The Morgan fingerprint density at radius 1 is 0.761 bits per heavy atom. The van der Waals surface area contributed by atoms with Gasteiger partial charge in [0.25, 0.3) is 15.7 Å². The van der Waals surface area contributed by atoms with Crippen molar-refractivity contribution in [3.05, 3.63) is 190 Å². The Balaban J connectivity index is 0.000000343. The SMILES string of the molecule is CCC(CC)CCn1cnc2c(=O)[nH]c(C)nc21.Cc1ccc(S(=O)(=O)OCCOc2ccc(C[C@H](NC(c3ccccc3)(c3ccccc3)c3ccccc3)C(=O)OC(C)(C)C)cc2)cc1. The second-order valence-corrected chi connectivity index (χ2v) is 19.2. The Hall–Kier alpha value is -6.41. The number of ether oxygens (including phenoxy) is 2. The van der Waals surface area contributed by atoms with Gasteiger partial charge in [0, 0.05) is 6.54 Å². The van der Waals surface area contributed by atoms with Crippen LogP contribution < -0.4 is 15.6 Å². The summed E-state index contributed by atoms with van der Waals surface area (Å²) >= 11 is 0. The maximum Gasteiger partial charge on any atom is 0.324 e. The van der Waals surface area contributed by atoms with Gasteiger partial charge in [-0.2, -0.15) is 8.42 Å². The van der Waals surface area contributed by atoms with Crippen molar-refractivity contribution >= 4 is 27.3 Å². The molecule has 0 aliphatic heterocycles. The van der Waals surface area contributed by atoms with Gasteiger partial charge in [0.1, 0.15) is 36.4 Å². The van der Waals surface area contributed by atoms with Gasteiger partial charge in [-0.3, -0.25) is 19.1 Å². The van der Waals surface area contributed by atoms with Crippen molar-refractivity contribution in [2.45, 2.75) is 103 Å². The van der Waals surface area contributed by atoms with Crippen LogP contribution in [0.25, 0.3) is 11.2 Å². The van der Waals surface area contributed by atoms with E-state index < -0.39 is 27.3 Å². The summed E-state index contributed by atoms with van der Waals surface area (Å²) in [6.45, 7) is 14.5. The number of imidazole rings is 1. The maximum atomic E-state index is 14.0. The smallest absolute Gasteiger partial charge is 0.324 e. The fraction of sp³-hybridized carbons (Fsp3) is 0.333. The van der Waals surface area contributed by atoms with Crippen LogP contribution in [-0.2, 0) is 42.3 Å². The largest absolute Gasteiger partial charge is 0.491 e. The molecule has 0 spiro atoms. The summed E-state index contributed by atoms with van der Waals surface area (Å²) in [7, 11) is -3.88. The van der Waals surface area contributed by atoms with E-state index in [2.05, 4.69) is 70.5 Å². The van der Waals surface area contributed by atoms with Gasteiger partial charge >= 0.3 is 5.97 Å². The highest BCUT2D eigenvalue weighted by Gasteiger charge is 2.41. The number of aryl methyl sites for hydroxylation is 3. The first-order valence-corrected chi connectivity index (χ1v) is 24.3. The minimum Gasteiger partial charge on any atom is -0.491 e. The second-order valence-electron chi connectivity index (χ2n) is 17.6. The molecule has 67 heavy (non-hydrogen) atoms. The first-order chi connectivity index (χ1) is 32.1. The topological polar surface area (TPSA) is 154 Å². The van der Waals surface area contributed by atoms with Crippen LogP contribution in [0.4, 0.5) is 0 Å². The third-order valence-corrected chi connectivity index (χ3v) is 12.8. The lowest BCUT2D eigenvalue weighted by atomic mass is 9.76. The summed E-state index contributed by atoms with van der Waals surface area (Å²) in [5.41, 5.74) is 4.19. The number of carbonyl (C=O) groups is 1. The van der Waals surface area contributed by atoms with Crippen molar-refractivity contribution in [2.75, 3.05) is 13.2 Å². The molecule has 0 aliphatic rings. The zero-order valence-corrected chi connectivity index (χ0v) is 40.4. The van der Waals surface area contributed by atoms with Gasteiger partial charge in [-0.25, -0.2) is 9.97 Å². The quantitative estimate of drug-likeness (QED) is 0.0347. The Kier molecular flexibility index (Phi) is 17.1. The molecule has 12 nitrogen and oxygen atoms in total. The zero-order valence-electron chi connectivity index (χ0n) is 39.6. The molecule has 2 N–H and O–H groups in total. The van der Waals surface area contributed by atoms with Gasteiger partial charge in [0.2, 0.25) is 0 Å². The van der Waals surface area contributed by atoms with Crippen molar-refractivity contribution in [2.24, 2.45) is 5.92 Å². The number of hydrogen-bond donors (Lipinski definition) is 2. The van der Waals surface area contributed by atoms with Gasteiger partial charge < -0.3 is 19.0 Å². The number of nitrogens with zero attached hydrogens (tertiary/aromatic N) is 3. The highest BCUT2D eigenvalue weighted by molar-refractivity contribution is 7.86. The third kappa shape index (κ3) is 13.4. The fourth-order valence-corrected chi connectivity index (χ4v) is 8.81. The van der Waals surface area contributed by atoms with Crippen LogP contribution in [0.1, 0.15) is 87.5 Å². The summed E-state index contributed by atoms with van der Waals surface area (Å²) in [5.74, 6) is 1.54. The van der Waals surface area contributed by atoms with Crippen LogP contribution in [0.15, 0.2) is 156 Å². The molecular formula is C54H63N5O7S. The molecular weight excluding hydrogens is 863 g/mol. The summed E-state index contributed by atoms with van der Waals surface area (Å²) < 4.78 is 43.9. The summed E-state index contributed by atoms with van der Waals surface area (Å²) in [5, 5.41) is 3.80. The van der Waals surface area contributed by atoms with Crippen LogP contribution in [-0.4, -0.2) is 58.8 Å². The molecule has 0 radical (unpaired) electrons. The lowest BCUT2D eigenvalue weighted by molar-refractivity contribution is -0.157. The van der Waals surface area contributed by atoms with Gasteiger partial charge in [-0.05, 0) is 99.9 Å². The number of fused-ring (bicyclic) bond motifs is 1. The highest BCUT2D eigenvalue weighted by Crippen LogP contribution is 2.38. The minimum absolute atomic E-state index is 0.0419. The van der Waals surface area contributed by atoms with E-state index in [1.807, 2.05) is 99.0 Å². The molecule has 0 unspecified atom stereocenters. The lowest BCUT2D eigenvalue weighted by Crippen LogP contribution is -2.54. The molecule has 2 heterocycles. The van der Waals surface area contributed by atoms with E-state index >= 15 is 0 Å². The number of rotatable bonds is 19.